The molecule has 0 spiro atoms. The lowest BCUT2D eigenvalue weighted by molar-refractivity contribution is 0.311. The summed E-state index contributed by atoms with van der Waals surface area (Å²) in [7, 11) is 1.61. The predicted octanol–water partition coefficient (Wildman–Crippen LogP) is 6.24. The van der Waals surface area contributed by atoms with E-state index in [1.165, 1.54) is 20.7 Å². The molecule has 43 heavy (non-hydrogen) atoms. The number of aromatic nitrogens is 5. The molecule has 6 aromatic rings. The molecule has 0 N–H and O–H groups in total. The fraction of sp³-hybridized carbons (Fsp3) is 0.152. The molecule has 0 amide bonds. The molecule has 0 saturated heterocycles. The van der Waals surface area contributed by atoms with Gasteiger partial charge >= 0.3 is 0 Å². The molecule has 3 aromatic carbocycles. The lowest BCUT2D eigenvalue weighted by Gasteiger charge is -2.09. The van der Waals surface area contributed by atoms with E-state index in [4.69, 9.17) is 14.6 Å². The summed E-state index contributed by atoms with van der Waals surface area (Å²) < 4.78 is 14.8. The first-order chi connectivity index (χ1) is 21.1. The first-order valence-corrected chi connectivity index (χ1v) is 15.6. The predicted molar refractivity (Wildman–Crippen MR) is 174 cm³/mol. The van der Waals surface area contributed by atoms with Crippen LogP contribution >= 0.6 is 23.1 Å². The van der Waals surface area contributed by atoms with Crippen LogP contribution in [0.4, 0.5) is 0 Å². The summed E-state index contributed by atoms with van der Waals surface area (Å²) in [5.74, 6) is 2.79. The van der Waals surface area contributed by atoms with Gasteiger partial charge in [-0.1, -0.05) is 60.7 Å². The summed E-state index contributed by atoms with van der Waals surface area (Å²) in [6.45, 7) is 4.62. The maximum atomic E-state index is 13.4. The van der Waals surface area contributed by atoms with Gasteiger partial charge in [0.1, 0.15) is 0 Å². The Kier molecular flexibility index (Phi) is 8.39. The number of thioether (sulfide) groups is 1. The molecule has 0 radical (unpaired) electrons. The lowest BCUT2D eigenvalue weighted by Crippen LogP contribution is -2.23. The molecular formula is C33H29N5O3S2. The van der Waals surface area contributed by atoms with E-state index in [0.717, 1.165) is 33.8 Å². The van der Waals surface area contributed by atoms with E-state index in [9.17, 15) is 4.79 Å². The van der Waals surface area contributed by atoms with Gasteiger partial charge in [0, 0.05) is 22.2 Å². The molecule has 0 fully saturated rings. The summed E-state index contributed by atoms with van der Waals surface area (Å²) in [4.78, 5) is 19.7. The summed E-state index contributed by atoms with van der Waals surface area (Å²) in [6.07, 6.45) is 7.49. The van der Waals surface area contributed by atoms with Crippen LogP contribution in [0.25, 0.3) is 40.1 Å². The van der Waals surface area contributed by atoms with Gasteiger partial charge in [0.15, 0.2) is 17.3 Å². The van der Waals surface area contributed by atoms with Crippen LogP contribution < -0.4 is 19.6 Å². The van der Waals surface area contributed by atoms with Crippen LogP contribution in [-0.4, -0.2) is 43.8 Å². The number of fused-ring (bicyclic) bond motifs is 1. The minimum absolute atomic E-state index is 0.219. The Balaban J connectivity index is 1.34. The van der Waals surface area contributed by atoms with Crippen LogP contribution in [0.1, 0.15) is 30.8 Å². The quantitative estimate of drug-likeness (QED) is 0.171. The molecule has 3 heterocycles. The first kappa shape index (κ1) is 28.4. The van der Waals surface area contributed by atoms with Gasteiger partial charge in [-0.05, 0) is 66.8 Å². The number of benzene rings is 3. The van der Waals surface area contributed by atoms with Crippen LogP contribution in [0.5, 0.6) is 11.5 Å². The summed E-state index contributed by atoms with van der Waals surface area (Å²) in [6, 6.07) is 24.0. The Hall–Kier alpha value is -4.67. The van der Waals surface area contributed by atoms with Crippen molar-refractivity contribution in [1.82, 2.24) is 24.4 Å². The van der Waals surface area contributed by atoms with Crippen LogP contribution in [0.3, 0.4) is 0 Å². The molecule has 0 saturated carbocycles. The Morgan fingerprint density at radius 1 is 0.953 bits per heavy atom. The molecule has 0 aliphatic heterocycles. The van der Waals surface area contributed by atoms with Crippen molar-refractivity contribution in [2.75, 3.05) is 19.5 Å². The van der Waals surface area contributed by atoms with Gasteiger partial charge in [-0.3, -0.25) is 4.79 Å². The standard InChI is InChI=1S/C33H29N5O3S2/c1-4-41-27-17-11-22(19-28(27)40-3)12-18-30-34-33-38(35-30)32(39)29(43-33)20-24-21-37(25-9-7-6-8-10-25)36-31(24)23-13-15-26(16-14-23)42-5-2/h6-21H,4-5H2,1-3H3/b18-12+,29-20-. The maximum absolute atomic E-state index is 13.4. The zero-order valence-electron chi connectivity index (χ0n) is 23.9. The smallest absolute Gasteiger partial charge is 0.291 e. The Labute approximate surface area is 256 Å². The van der Waals surface area contributed by atoms with E-state index >= 15 is 0 Å². The minimum Gasteiger partial charge on any atom is -0.493 e. The van der Waals surface area contributed by atoms with Crippen molar-refractivity contribution in [3.63, 3.8) is 0 Å². The number of methoxy groups -OCH3 is 1. The summed E-state index contributed by atoms with van der Waals surface area (Å²) in [5, 5.41) is 9.36. The Bertz CT molecular complexity index is 2010. The van der Waals surface area contributed by atoms with Gasteiger partial charge < -0.3 is 9.47 Å². The SMILES string of the molecule is CCOc1ccc(/C=C/c2nc3s/c(=C\c4cn(-c5ccccc5)nc4-c4ccc(SCC)cc4)c(=O)n3n2)cc1OC. The third-order valence-electron chi connectivity index (χ3n) is 6.60. The van der Waals surface area contributed by atoms with Gasteiger partial charge in [-0.25, -0.2) is 4.68 Å². The third-order valence-corrected chi connectivity index (χ3v) is 8.45. The number of ether oxygens (including phenoxy) is 2. The molecule has 10 heteroatoms. The molecular weight excluding hydrogens is 579 g/mol. The molecule has 0 aliphatic carbocycles. The number of nitrogens with zero attached hydrogens (tertiary/aromatic N) is 5. The van der Waals surface area contributed by atoms with Gasteiger partial charge in [0.05, 0.1) is 29.6 Å². The number of thiazole rings is 1. The zero-order valence-corrected chi connectivity index (χ0v) is 25.6. The molecule has 0 unspecified atom stereocenters. The van der Waals surface area contributed by atoms with Crippen molar-refractivity contribution in [3.8, 4) is 28.4 Å². The first-order valence-electron chi connectivity index (χ1n) is 13.8. The number of rotatable bonds is 10. The van der Waals surface area contributed by atoms with E-state index in [0.29, 0.717) is 33.4 Å². The number of para-hydroxylation sites is 1. The third kappa shape index (κ3) is 6.11. The van der Waals surface area contributed by atoms with Crippen LogP contribution in [-0.2, 0) is 0 Å². The Morgan fingerprint density at radius 2 is 1.77 bits per heavy atom. The van der Waals surface area contributed by atoms with Crippen molar-refractivity contribution < 1.29 is 9.47 Å². The Morgan fingerprint density at radius 3 is 2.49 bits per heavy atom. The largest absolute Gasteiger partial charge is 0.493 e. The highest BCUT2D eigenvalue weighted by Crippen LogP contribution is 2.29. The van der Waals surface area contributed by atoms with Crippen molar-refractivity contribution >= 4 is 46.3 Å². The van der Waals surface area contributed by atoms with E-state index in [-0.39, 0.29) is 5.56 Å². The second-order valence-corrected chi connectivity index (χ2v) is 11.8. The highest BCUT2D eigenvalue weighted by atomic mass is 32.2. The van der Waals surface area contributed by atoms with Gasteiger partial charge in [0.25, 0.3) is 5.56 Å². The summed E-state index contributed by atoms with van der Waals surface area (Å²) >= 11 is 3.10. The second kappa shape index (κ2) is 12.7. The maximum Gasteiger partial charge on any atom is 0.291 e. The topological polar surface area (TPSA) is 83.5 Å². The van der Waals surface area contributed by atoms with E-state index < -0.39 is 0 Å². The fourth-order valence-electron chi connectivity index (χ4n) is 4.60. The zero-order chi connectivity index (χ0) is 29.8. The monoisotopic (exact) mass is 607 g/mol. The van der Waals surface area contributed by atoms with Crippen molar-refractivity contribution in [3.05, 3.63) is 111 Å². The van der Waals surface area contributed by atoms with Crippen LogP contribution in [0.15, 0.2) is 88.7 Å². The fourth-order valence-corrected chi connectivity index (χ4v) is 6.17. The average molecular weight is 608 g/mol. The average Bonchev–Trinajstić information content (AvgIpc) is 3.72. The molecule has 6 rings (SSSR count). The van der Waals surface area contributed by atoms with Crippen molar-refractivity contribution in [1.29, 1.82) is 0 Å². The van der Waals surface area contributed by atoms with E-state index in [1.54, 1.807) is 24.9 Å². The number of hydrogen-bond acceptors (Lipinski definition) is 8. The molecule has 0 bridgehead atoms. The van der Waals surface area contributed by atoms with Crippen LogP contribution in [0, 0.1) is 0 Å². The molecule has 8 nitrogen and oxygen atoms in total. The highest BCUT2D eigenvalue weighted by molar-refractivity contribution is 7.99. The molecule has 0 atom stereocenters. The molecule has 216 valence electrons. The van der Waals surface area contributed by atoms with E-state index in [2.05, 4.69) is 41.3 Å². The number of hydrogen-bond donors (Lipinski definition) is 0. The summed E-state index contributed by atoms with van der Waals surface area (Å²) in [5.41, 5.74) is 4.23. The van der Waals surface area contributed by atoms with E-state index in [1.807, 2.05) is 78.5 Å². The van der Waals surface area contributed by atoms with Gasteiger partial charge in [-0.15, -0.1) is 16.9 Å². The second-order valence-electron chi connectivity index (χ2n) is 9.43. The van der Waals surface area contributed by atoms with Gasteiger partial charge in [-0.2, -0.15) is 14.6 Å². The normalized spacial score (nSPS) is 12.0. The lowest BCUT2D eigenvalue weighted by atomic mass is 10.1. The van der Waals surface area contributed by atoms with Crippen molar-refractivity contribution in [2.24, 2.45) is 0 Å². The molecule has 3 aromatic heterocycles. The van der Waals surface area contributed by atoms with Gasteiger partial charge in [0.2, 0.25) is 4.96 Å². The van der Waals surface area contributed by atoms with Crippen LogP contribution in [0.2, 0.25) is 0 Å². The van der Waals surface area contributed by atoms with Crippen molar-refractivity contribution in [2.45, 2.75) is 18.7 Å². The highest BCUT2D eigenvalue weighted by Gasteiger charge is 2.14. The molecule has 0 aliphatic rings. The minimum atomic E-state index is -0.219.